The molecule has 4 unspecified atom stereocenters. The molecular formula is C22H23N5O2. The van der Waals surface area contributed by atoms with E-state index in [-0.39, 0.29) is 12.0 Å². The van der Waals surface area contributed by atoms with Crippen LogP contribution in [-0.4, -0.2) is 35.2 Å². The molecule has 1 saturated heterocycles. The van der Waals surface area contributed by atoms with E-state index in [1.54, 1.807) is 0 Å². The molecule has 2 aliphatic heterocycles. The number of hydrogen-bond donors (Lipinski definition) is 1. The monoisotopic (exact) mass is 389 g/mol. The largest absolute Gasteiger partial charge is 0.484 e. The lowest BCUT2D eigenvalue weighted by molar-refractivity contribution is 0.111. The van der Waals surface area contributed by atoms with Gasteiger partial charge in [-0.05, 0) is 55.0 Å². The van der Waals surface area contributed by atoms with E-state index in [9.17, 15) is 5.26 Å². The van der Waals surface area contributed by atoms with Gasteiger partial charge in [-0.25, -0.2) is 5.53 Å². The average molecular weight is 389 g/mol. The first-order valence-corrected chi connectivity index (χ1v) is 10.1. The SMILES string of the molecule is CC(Oc1ccc2ncc3c(c2c1)CCOC3)/C(=C/N1CC(C#N)C2CC21)N=N. The highest BCUT2D eigenvalue weighted by Gasteiger charge is 2.52. The van der Waals surface area contributed by atoms with Crippen LogP contribution < -0.4 is 4.74 Å². The van der Waals surface area contributed by atoms with Crippen LogP contribution in [0.5, 0.6) is 5.75 Å². The summed E-state index contributed by atoms with van der Waals surface area (Å²) in [4.78, 5) is 6.69. The number of nitriles is 1. The molecule has 1 N–H and O–H groups in total. The maximum absolute atomic E-state index is 9.25. The molecule has 4 atom stereocenters. The Morgan fingerprint density at radius 1 is 1.52 bits per heavy atom. The number of pyridine rings is 1. The zero-order valence-corrected chi connectivity index (χ0v) is 16.3. The van der Waals surface area contributed by atoms with Gasteiger partial charge in [-0.1, -0.05) is 0 Å². The molecule has 1 saturated carbocycles. The first-order valence-electron chi connectivity index (χ1n) is 10.1. The summed E-state index contributed by atoms with van der Waals surface area (Å²) in [6, 6.07) is 8.73. The van der Waals surface area contributed by atoms with E-state index in [0.717, 1.165) is 41.7 Å². The molecule has 0 radical (unpaired) electrons. The average Bonchev–Trinajstić information content (AvgIpc) is 3.47. The van der Waals surface area contributed by atoms with E-state index < -0.39 is 0 Å². The molecule has 0 amide bonds. The number of ether oxygens (including phenoxy) is 2. The summed E-state index contributed by atoms with van der Waals surface area (Å²) in [5, 5.41) is 14.1. The van der Waals surface area contributed by atoms with Crippen molar-refractivity contribution in [1.82, 2.24) is 9.88 Å². The summed E-state index contributed by atoms with van der Waals surface area (Å²) < 4.78 is 11.7. The summed E-state index contributed by atoms with van der Waals surface area (Å²) >= 11 is 0. The molecular weight excluding hydrogens is 366 g/mol. The van der Waals surface area contributed by atoms with Crippen molar-refractivity contribution in [2.75, 3.05) is 13.2 Å². The second-order valence-corrected chi connectivity index (χ2v) is 8.07. The highest BCUT2D eigenvalue weighted by Crippen LogP contribution is 2.48. The molecule has 7 nitrogen and oxygen atoms in total. The van der Waals surface area contributed by atoms with Gasteiger partial charge in [0.1, 0.15) is 17.6 Å². The van der Waals surface area contributed by atoms with Crippen molar-refractivity contribution in [3.63, 3.8) is 0 Å². The molecule has 29 heavy (non-hydrogen) atoms. The summed E-state index contributed by atoms with van der Waals surface area (Å²) in [5.74, 6) is 1.30. The summed E-state index contributed by atoms with van der Waals surface area (Å²) in [5.41, 5.74) is 11.5. The van der Waals surface area contributed by atoms with Gasteiger partial charge in [-0.15, -0.1) is 0 Å². The Morgan fingerprint density at radius 2 is 2.41 bits per heavy atom. The minimum absolute atomic E-state index is 0.0857. The Kier molecular flexibility index (Phi) is 4.44. The number of piperidine rings is 1. The van der Waals surface area contributed by atoms with Gasteiger partial charge < -0.3 is 14.4 Å². The number of likely N-dealkylation sites (tertiary alicyclic amines) is 1. The molecule has 7 heteroatoms. The number of fused-ring (bicyclic) bond motifs is 4. The maximum atomic E-state index is 9.25. The van der Waals surface area contributed by atoms with Gasteiger partial charge in [-0.2, -0.15) is 10.4 Å². The summed E-state index contributed by atoms with van der Waals surface area (Å²) in [6.45, 7) is 3.95. The van der Waals surface area contributed by atoms with Crippen LogP contribution in [0.15, 0.2) is 41.4 Å². The minimum atomic E-state index is -0.362. The first-order chi connectivity index (χ1) is 14.2. The third kappa shape index (κ3) is 3.23. The van der Waals surface area contributed by atoms with E-state index in [0.29, 0.717) is 30.8 Å². The van der Waals surface area contributed by atoms with Gasteiger partial charge in [0.15, 0.2) is 0 Å². The van der Waals surface area contributed by atoms with Crippen LogP contribution in [0.25, 0.3) is 10.9 Å². The topological polar surface area (TPSA) is 94.6 Å². The lowest BCUT2D eigenvalue weighted by Crippen LogP contribution is -2.22. The van der Waals surface area contributed by atoms with Crippen LogP contribution in [0.2, 0.25) is 0 Å². The maximum Gasteiger partial charge on any atom is 0.141 e. The lowest BCUT2D eigenvalue weighted by Gasteiger charge is -2.21. The quantitative estimate of drug-likeness (QED) is 0.785. The van der Waals surface area contributed by atoms with Crippen LogP contribution in [0.1, 0.15) is 24.5 Å². The zero-order chi connectivity index (χ0) is 20.0. The van der Waals surface area contributed by atoms with Crippen molar-refractivity contribution in [3.8, 4) is 11.8 Å². The van der Waals surface area contributed by atoms with Crippen LogP contribution in [0.3, 0.4) is 0 Å². The predicted octanol–water partition coefficient (Wildman–Crippen LogP) is 3.79. The Morgan fingerprint density at radius 3 is 3.21 bits per heavy atom. The molecule has 148 valence electrons. The molecule has 5 rings (SSSR count). The predicted molar refractivity (Wildman–Crippen MR) is 106 cm³/mol. The number of nitrogens with zero attached hydrogens (tertiary/aromatic N) is 4. The van der Waals surface area contributed by atoms with Gasteiger partial charge in [0, 0.05) is 30.4 Å². The van der Waals surface area contributed by atoms with Crippen molar-refractivity contribution in [3.05, 3.63) is 47.4 Å². The van der Waals surface area contributed by atoms with Gasteiger partial charge in [0.05, 0.1) is 30.7 Å². The Labute approximate surface area is 169 Å². The van der Waals surface area contributed by atoms with Crippen molar-refractivity contribution in [2.45, 2.75) is 38.5 Å². The number of hydrogen-bond acceptors (Lipinski definition) is 7. The Balaban J connectivity index is 1.37. The van der Waals surface area contributed by atoms with Crippen LogP contribution >= 0.6 is 0 Å². The van der Waals surface area contributed by atoms with Crippen LogP contribution in [0, 0.1) is 28.7 Å². The van der Waals surface area contributed by atoms with Gasteiger partial charge >= 0.3 is 0 Å². The zero-order valence-electron chi connectivity index (χ0n) is 16.3. The van der Waals surface area contributed by atoms with Gasteiger partial charge in [0.2, 0.25) is 0 Å². The minimum Gasteiger partial charge on any atom is -0.484 e. The van der Waals surface area contributed by atoms with Crippen LogP contribution in [-0.2, 0) is 17.8 Å². The van der Waals surface area contributed by atoms with Gasteiger partial charge in [-0.3, -0.25) is 4.98 Å². The number of benzene rings is 1. The number of rotatable bonds is 5. The lowest BCUT2D eigenvalue weighted by atomic mass is 10.00. The van der Waals surface area contributed by atoms with E-state index in [4.69, 9.17) is 15.0 Å². The molecule has 0 spiro atoms. The number of aromatic nitrogens is 1. The Bertz CT molecular complexity index is 1040. The van der Waals surface area contributed by atoms with Gasteiger partial charge in [0.25, 0.3) is 0 Å². The van der Waals surface area contributed by atoms with Crippen molar-refractivity contribution in [1.29, 1.82) is 10.8 Å². The van der Waals surface area contributed by atoms with Crippen molar-refractivity contribution >= 4 is 10.9 Å². The normalized spacial score (nSPS) is 26.4. The summed E-state index contributed by atoms with van der Waals surface area (Å²) in [6.07, 6.45) is 5.37. The van der Waals surface area contributed by atoms with Crippen molar-refractivity contribution < 1.29 is 9.47 Å². The standard InChI is InChI=1S/C22H23N5O2/c1-13(21(26-24)11-27-10-14(8-23)18-7-22(18)27)29-16-2-3-20-19(6-16)17-4-5-28-12-15(17)9-25-20/h2-3,6,9,11,13-14,18,22,24H,4-5,7,10,12H2,1H3/b21-11-,26-24?. The molecule has 3 aliphatic rings. The second-order valence-electron chi connectivity index (χ2n) is 8.07. The third-order valence-electron chi connectivity index (χ3n) is 6.27. The number of nitrogens with one attached hydrogen (secondary N) is 1. The molecule has 3 heterocycles. The fourth-order valence-electron chi connectivity index (χ4n) is 4.57. The Hall–Kier alpha value is -2.98. The molecule has 1 aliphatic carbocycles. The summed E-state index contributed by atoms with van der Waals surface area (Å²) in [7, 11) is 0. The molecule has 2 fully saturated rings. The molecule has 1 aromatic heterocycles. The molecule has 2 aromatic rings. The van der Waals surface area contributed by atoms with E-state index >= 15 is 0 Å². The fourth-order valence-corrected chi connectivity index (χ4v) is 4.57. The molecule has 1 aromatic carbocycles. The fraction of sp³-hybridized carbons (Fsp3) is 0.455. The first kappa shape index (κ1) is 18.1. The molecule has 0 bridgehead atoms. The van der Waals surface area contributed by atoms with E-state index in [2.05, 4.69) is 21.1 Å². The van der Waals surface area contributed by atoms with Crippen LogP contribution in [0.4, 0.5) is 0 Å². The smallest absolute Gasteiger partial charge is 0.141 e. The van der Waals surface area contributed by atoms with E-state index in [1.807, 2.05) is 37.5 Å². The second kappa shape index (κ2) is 7.12. The van der Waals surface area contributed by atoms with E-state index in [1.165, 1.54) is 5.56 Å². The highest BCUT2D eigenvalue weighted by atomic mass is 16.5. The van der Waals surface area contributed by atoms with Crippen molar-refractivity contribution in [2.24, 2.45) is 17.0 Å². The third-order valence-corrected chi connectivity index (χ3v) is 6.27. The highest BCUT2D eigenvalue weighted by molar-refractivity contribution is 5.84.